The van der Waals surface area contributed by atoms with Crippen molar-refractivity contribution in [1.82, 2.24) is 0 Å². The molecular weight excluding hydrogens is 330 g/mol. The molecule has 1 nitrogen and oxygen atoms in total. The van der Waals surface area contributed by atoms with Crippen LogP contribution in [0.25, 0.3) is 0 Å². The van der Waals surface area contributed by atoms with E-state index in [1.807, 2.05) is 13.1 Å². The number of benzene rings is 1. The van der Waals surface area contributed by atoms with Gasteiger partial charge in [-0.3, -0.25) is 0 Å². The van der Waals surface area contributed by atoms with Crippen LogP contribution < -0.4 is 4.57 Å². The molecule has 1 aliphatic carbocycles. The monoisotopic (exact) mass is 352 g/mol. The number of alkyl halides is 3. The molecule has 134 valence electrons. The van der Waals surface area contributed by atoms with Crippen LogP contribution >= 0.6 is 0 Å². The molecule has 1 unspecified atom stereocenters. The first-order valence-corrected chi connectivity index (χ1v) is 8.68. The molecule has 0 saturated heterocycles. The molecule has 1 aliphatic rings. The number of pyridine rings is 1. The average Bonchev–Trinajstić information content (AvgIpc) is 3.39. The van der Waals surface area contributed by atoms with E-state index in [1.165, 1.54) is 17.3 Å². The van der Waals surface area contributed by atoms with Crippen molar-refractivity contribution < 1.29 is 22.1 Å². The van der Waals surface area contributed by atoms with Crippen molar-refractivity contribution in [3.05, 3.63) is 64.7 Å². The minimum absolute atomic E-state index is 0.142. The van der Waals surface area contributed by atoms with E-state index in [9.17, 15) is 17.6 Å². The van der Waals surface area contributed by atoms with Gasteiger partial charge in [-0.15, -0.1) is 0 Å². The fourth-order valence-corrected chi connectivity index (χ4v) is 3.18. The molecular formula is C20H22F4N+. The number of aromatic nitrogens is 1. The third kappa shape index (κ3) is 4.02. The van der Waals surface area contributed by atoms with E-state index in [-0.39, 0.29) is 5.92 Å². The minimum Gasteiger partial charge on any atom is -0.206 e. The molecule has 1 atom stereocenters. The van der Waals surface area contributed by atoms with Crippen molar-refractivity contribution in [2.24, 2.45) is 0 Å². The van der Waals surface area contributed by atoms with Gasteiger partial charge in [-0.1, -0.05) is 19.9 Å². The van der Waals surface area contributed by atoms with Crippen LogP contribution in [0.1, 0.15) is 60.9 Å². The van der Waals surface area contributed by atoms with Crippen LogP contribution in [-0.4, -0.2) is 0 Å². The first kappa shape index (κ1) is 17.9. The van der Waals surface area contributed by atoms with E-state index >= 15 is 0 Å². The zero-order valence-corrected chi connectivity index (χ0v) is 14.4. The fourth-order valence-electron chi connectivity index (χ4n) is 3.18. The molecule has 5 heteroatoms. The molecule has 1 fully saturated rings. The number of aryl methyl sites for hydroxylation is 1. The summed E-state index contributed by atoms with van der Waals surface area (Å²) < 4.78 is 54.4. The normalized spacial score (nSPS) is 16.1. The standard InChI is InChI=1S/C20H22F4N/c1-3-14-8-9-25(19(10-14)15-4-5-15)12-13(2)16-6-7-18(21)17(11-16)20(22,23)24/h6-11,13,15H,3-5,12H2,1-2H3/q+1. The van der Waals surface area contributed by atoms with Gasteiger partial charge in [0.1, 0.15) is 5.82 Å². The predicted octanol–water partition coefficient (Wildman–Crippen LogP) is 5.38. The van der Waals surface area contributed by atoms with E-state index in [2.05, 4.69) is 23.6 Å². The van der Waals surface area contributed by atoms with Gasteiger partial charge >= 0.3 is 6.18 Å². The van der Waals surface area contributed by atoms with Gasteiger partial charge in [0.15, 0.2) is 18.4 Å². The molecule has 0 amide bonds. The lowest BCUT2D eigenvalue weighted by Crippen LogP contribution is -2.40. The number of rotatable bonds is 5. The molecule has 0 aliphatic heterocycles. The summed E-state index contributed by atoms with van der Waals surface area (Å²) in [5.41, 5.74) is 1.84. The maximum atomic E-state index is 13.5. The largest absolute Gasteiger partial charge is 0.419 e. The van der Waals surface area contributed by atoms with E-state index in [4.69, 9.17) is 0 Å². The Hall–Kier alpha value is -1.91. The van der Waals surface area contributed by atoms with Gasteiger partial charge in [0, 0.05) is 24.0 Å². The maximum Gasteiger partial charge on any atom is 0.419 e. The highest BCUT2D eigenvalue weighted by atomic mass is 19.4. The van der Waals surface area contributed by atoms with Gasteiger partial charge in [-0.05, 0) is 42.5 Å². The van der Waals surface area contributed by atoms with Crippen LogP contribution in [0.15, 0.2) is 36.5 Å². The molecule has 0 spiro atoms. The van der Waals surface area contributed by atoms with Crippen LogP contribution in [0.2, 0.25) is 0 Å². The van der Waals surface area contributed by atoms with Crippen molar-refractivity contribution in [2.75, 3.05) is 0 Å². The lowest BCUT2D eigenvalue weighted by atomic mass is 9.98. The number of halogens is 4. The van der Waals surface area contributed by atoms with Crippen LogP contribution in [-0.2, 0) is 19.1 Å². The lowest BCUT2D eigenvalue weighted by molar-refractivity contribution is -0.706. The molecule has 1 saturated carbocycles. The summed E-state index contributed by atoms with van der Waals surface area (Å²) in [5.74, 6) is -0.809. The molecule has 0 radical (unpaired) electrons. The van der Waals surface area contributed by atoms with Gasteiger partial charge in [-0.25, -0.2) is 8.96 Å². The maximum absolute atomic E-state index is 13.5. The predicted molar refractivity (Wildman–Crippen MR) is 87.8 cm³/mol. The molecule has 3 rings (SSSR count). The third-order valence-corrected chi connectivity index (χ3v) is 4.87. The Bertz CT molecular complexity index is 763. The second-order valence-electron chi connectivity index (χ2n) is 6.88. The van der Waals surface area contributed by atoms with Gasteiger partial charge in [0.25, 0.3) is 0 Å². The van der Waals surface area contributed by atoms with Crippen LogP contribution in [0, 0.1) is 5.82 Å². The first-order valence-electron chi connectivity index (χ1n) is 8.68. The van der Waals surface area contributed by atoms with Crippen molar-refractivity contribution in [3.63, 3.8) is 0 Å². The quantitative estimate of drug-likeness (QED) is 0.503. The molecule has 2 aromatic rings. The van der Waals surface area contributed by atoms with Gasteiger partial charge in [-0.2, -0.15) is 13.2 Å². The zero-order chi connectivity index (χ0) is 18.2. The smallest absolute Gasteiger partial charge is 0.206 e. The first-order chi connectivity index (χ1) is 11.8. The summed E-state index contributed by atoms with van der Waals surface area (Å²) in [7, 11) is 0. The summed E-state index contributed by atoms with van der Waals surface area (Å²) in [6.45, 7) is 4.57. The number of hydrogen-bond donors (Lipinski definition) is 0. The highest BCUT2D eigenvalue weighted by Crippen LogP contribution is 2.39. The van der Waals surface area contributed by atoms with Gasteiger partial charge in [0.2, 0.25) is 0 Å². The SMILES string of the molecule is CCc1cc[n+](CC(C)c2ccc(F)c(C(F)(F)F)c2)c(C2CC2)c1. The highest BCUT2D eigenvalue weighted by Gasteiger charge is 2.35. The molecule has 1 heterocycles. The molecule has 1 aromatic heterocycles. The molecule has 1 aromatic carbocycles. The van der Waals surface area contributed by atoms with E-state index in [1.54, 1.807) is 0 Å². The third-order valence-electron chi connectivity index (χ3n) is 4.87. The van der Waals surface area contributed by atoms with Crippen molar-refractivity contribution in [2.45, 2.75) is 57.7 Å². The summed E-state index contributed by atoms with van der Waals surface area (Å²) in [5, 5.41) is 0. The Morgan fingerprint density at radius 1 is 1.16 bits per heavy atom. The van der Waals surface area contributed by atoms with Gasteiger partial charge < -0.3 is 0 Å². The number of nitrogens with zero attached hydrogens (tertiary/aromatic N) is 1. The van der Waals surface area contributed by atoms with Crippen molar-refractivity contribution in [1.29, 1.82) is 0 Å². The highest BCUT2D eigenvalue weighted by molar-refractivity contribution is 5.29. The van der Waals surface area contributed by atoms with Crippen LogP contribution in [0.3, 0.4) is 0 Å². The van der Waals surface area contributed by atoms with Crippen LogP contribution in [0.5, 0.6) is 0 Å². The second kappa shape index (κ2) is 6.77. The van der Waals surface area contributed by atoms with Crippen molar-refractivity contribution in [3.8, 4) is 0 Å². The zero-order valence-electron chi connectivity index (χ0n) is 14.4. The van der Waals surface area contributed by atoms with Gasteiger partial charge in [0.05, 0.1) is 5.56 Å². The Morgan fingerprint density at radius 2 is 1.88 bits per heavy atom. The van der Waals surface area contributed by atoms with Crippen LogP contribution in [0.4, 0.5) is 17.6 Å². The molecule has 25 heavy (non-hydrogen) atoms. The summed E-state index contributed by atoms with van der Waals surface area (Å²) in [4.78, 5) is 0. The molecule has 0 N–H and O–H groups in total. The number of hydrogen-bond acceptors (Lipinski definition) is 0. The summed E-state index contributed by atoms with van der Waals surface area (Å²) in [6, 6.07) is 7.58. The van der Waals surface area contributed by atoms with E-state index in [0.29, 0.717) is 18.0 Å². The van der Waals surface area contributed by atoms with Crippen molar-refractivity contribution >= 4 is 0 Å². The Balaban J connectivity index is 1.87. The Morgan fingerprint density at radius 3 is 2.48 bits per heavy atom. The molecule has 0 bridgehead atoms. The summed E-state index contributed by atoms with van der Waals surface area (Å²) >= 11 is 0. The average molecular weight is 352 g/mol. The topological polar surface area (TPSA) is 3.88 Å². The second-order valence-corrected chi connectivity index (χ2v) is 6.88. The minimum atomic E-state index is -4.67. The fraction of sp³-hybridized carbons (Fsp3) is 0.450. The van der Waals surface area contributed by atoms with E-state index in [0.717, 1.165) is 31.4 Å². The van der Waals surface area contributed by atoms with E-state index < -0.39 is 17.6 Å². The Kier molecular flexibility index (Phi) is 4.85. The lowest BCUT2D eigenvalue weighted by Gasteiger charge is -2.14. The summed E-state index contributed by atoms with van der Waals surface area (Å²) in [6.07, 6.45) is 0.641. The Labute approximate surface area is 145 Å².